The van der Waals surface area contributed by atoms with Gasteiger partial charge in [0.05, 0.1) is 32.0 Å². The molecule has 0 saturated carbocycles. The van der Waals surface area contributed by atoms with Crippen molar-refractivity contribution in [1.82, 2.24) is 5.32 Å². The third-order valence-electron chi connectivity index (χ3n) is 20.7. The van der Waals surface area contributed by atoms with Gasteiger partial charge in [-0.05, 0) is 70.6 Å². The molecule has 0 bridgehead atoms. The van der Waals surface area contributed by atoms with Gasteiger partial charge in [-0.3, -0.25) is 9.59 Å². The summed E-state index contributed by atoms with van der Waals surface area (Å²) in [5, 5.41) is 54.6. The average Bonchev–Trinajstić information content (AvgIpc) is 0.823. The van der Waals surface area contributed by atoms with Crippen LogP contribution in [0.3, 0.4) is 0 Å². The van der Waals surface area contributed by atoms with E-state index in [1.165, 1.54) is 366 Å². The van der Waals surface area contributed by atoms with Gasteiger partial charge in [0.1, 0.15) is 24.4 Å². The molecule has 1 aliphatic rings. The predicted octanol–water partition coefficient (Wildman–Crippen LogP) is 24.0. The summed E-state index contributed by atoms with van der Waals surface area (Å²) in [7, 11) is 0. The Labute approximate surface area is 606 Å². The molecule has 1 rings (SSSR count). The van der Waals surface area contributed by atoms with E-state index in [9.17, 15) is 35.1 Å². The molecule has 0 spiro atoms. The maximum absolute atomic E-state index is 13.1. The summed E-state index contributed by atoms with van der Waals surface area (Å²) >= 11 is 0. The van der Waals surface area contributed by atoms with Crippen molar-refractivity contribution in [1.29, 1.82) is 0 Å². The van der Waals surface area contributed by atoms with Crippen LogP contribution >= 0.6 is 0 Å². The van der Waals surface area contributed by atoms with Crippen LogP contribution in [0.2, 0.25) is 0 Å². The highest BCUT2D eigenvalue weighted by atomic mass is 16.7. The van der Waals surface area contributed by atoms with Crippen LogP contribution in [0.25, 0.3) is 0 Å². The fourth-order valence-electron chi connectivity index (χ4n) is 14.0. The van der Waals surface area contributed by atoms with Crippen molar-refractivity contribution in [3.05, 3.63) is 36.5 Å². The van der Waals surface area contributed by atoms with Crippen molar-refractivity contribution in [2.75, 3.05) is 19.8 Å². The van der Waals surface area contributed by atoms with Gasteiger partial charge < -0.3 is 45.1 Å². The van der Waals surface area contributed by atoms with Crippen LogP contribution < -0.4 is 5.32 Å². The van der Waals surface area contributed by atoms with Gasteiger partial charge >= 0.3 is 5.97 Å². The SMILES string of the molecule is CCCCCCCCCCC/C=C/CC/C=C/C(O)C(COC1OC(CO)C(O)C(O)C1O)NC(=O)CCCCCCCCCCCCCCCCCCC/C=C\CCCCCCCCCCCCCCCCCCCCOC(=O)CCCCCCCCCCCCCCCCCC. The fraction of sp³-hybridized carbons (Fsp3) is 0.908. The molecule has 578 valence electrons. The standard InChI is InChI=1S/C87H165NO10/c1-3-5-7-9-11-13-15-17-19-47-51-55-59-63-67-71-75-83(92)96-76-72-68-64-60-56-52-48-44-42-40-38-36-34-32-30-28-26-24-22-20-21-23-25-27-29-31-33-35-37-39-41-43-46-50-54-58-62-66-70-74-82(91)88-79(78-97-87-86(95)85(94)84(93)81(77-89)98-87)80(90)73-69-65-61-57-53-49-45-18-16-14-12-10-8-6-4-2/h20-21,53,57,69,73,79-81,84-87,89-90,93-95H,3-19,22-52,54-56,58-68,70-72,74-78H2,1-2H3,(H,88,91)/b21-20-,57-53+,73-69+. The molecule has 7 unspecified atom stereocenters. The first kappa shape index (κ1) is 93.9. The summed E-state index contributed by atoms with van der Waals surface area (Å²) in [6, 6.07) is -0.825. The third-order valence-corrected chi connectivity index (χ3v) is 20.7. The quantitative estimate of drug-likeness (QED) is 0.0195. The summed E-state index contributed by atoms with van der Waals surface area (Å²) < 4.78 is 16.8. The van der Waals surface area contributed by atoms with Crippen molar-refractivity contribution < 1.29 is 49.3 Å². The zero-order chi connectivity index (χ0) is 70.8. The molecule has 0 radical (unpaired) electrons. The number of nitrogens with one attached hydrogen (secondary N) is 1. The van der Waals surface area contributed by atoms with E-state index in [2.05, 4.69) is 43.5 Å². The number of hydrogen-bond acceptors (Lipinski definition) is 10. The minimum atomic E-state index is -1.58. The summed E-state index contributed by atoms with van der Waals surface area (Å²) in [5.74, 6) is -0.163. The van der Waals surface area contributed by atoms with Gasteiger partial charge in [-0.25, -0.2) is 0 Å². The van der Waals surface area contributed by atoms with Crippen molar-refractivity contribution in [3.8, 4) is 0 Å². The van der Waals surface area contributed by atoms with E-state index in [1.807, 2.05) is 6.08 Å². The molecule has 1 saturated heterocycles. The normalized spacial score (nSPS) is 17.3. The summed E-state index contributed by atoms with van der Waals surface area (Å²) in [4.78, 5) is 25.2. The van der Waals surface area contributed by atoms with E-state index >= 15 is 0 Å². The maximum Gasteiger partial charge on any atom is 0.305 e. The zero-order valence-corrected chi connectivity index (χ0v) is 64.8. The Morgan fingerprint density at radius 2 is 0.663 bits per heavy atom. The lowest BCUT2D eigenvalue weighted by Crippen LogP contribution is -2.60. The number of unbranched alkanes of at least 4 members (excludes halogenated alkanes) is 60. The number of carbonyl (C=O) groups excluding carboxylic acids is 2. The number of carbonyl (C=O) groups is 2. The molecule has 0 aromatic carbocycles. The largest absolute Gasteiger partial charge is 0.466 e. The predicted molar refractivity (Wildman–Crippen MR) is 417 cm³/mol. The van der Waals surface area contributed by atoms with Crippen LogP contribution in [0.4, 0.5) is 0 Å². The van der Waals surface area contributed by atoms with Gasteiger partial charge in [0, 0.05) is 12.8 Å². The van der Waals surface area contributed by atoms with Crippen molar-refractivity contribution >= 4 is 11.9 Å². The lowest BCUT2D eigenvalue weighted by molar-refractivity contribution is -0.302. The van der Waals surface area contributed by atoms with Crippen LogP contribution in [0, 0.1) is 0 Å². The molecular formula is C87H165NO10. The van der Waals surface area contributed by atoms with E-state index in [0.717, 1.165) is 51.4 Å². The second-order valence-electron chi connectivity index (χ2n) is 30.2. The number of allylic oxidation sites excluding steroid dienone is 5. The molecule has 98 heavy (non-hydrogen) atoms. The summed E-state index contributed by atoms with van der Waals surface area (Å²) in [6.07, 6.45) is 90.6. The second kappa shape index (κ2) is 76.0. The molecule has 11 heteroatoms. The van der Waals surface area contributed by atoms with Crippen molar-refractivity contribution in [2.45, 2.75) is 487 Å². The number of ether oxygens (including phenoxy) is 3. The Balaban J connectivity index is 1.89. The topological polar surface area (TPSA) is 175 Å². The molecule has 1 amide bonds. The highest BCUT2D eigenvalue weighted by Gasteiger charge is 2.44. The van der Waals surface area contributed by atoms with Crippen LogP contribution in [0.1, 0.15) is 444 Å². The monoisotopic (exact) mass is 1380 g/mol. The van der Waals surface area contributed by atoms with Gasteiger partial charge in [0.15, 0.2) is 6.29 Å². The van der Waals surface area contributed by atoms with Crippen LogP contribution in [0.15, 0.2) is 36.5 Å². The second-order valence-corrected chi connectivity index (χ2v) is 30.2. The summed E-state index contributed by atoms with van der Waals surface area (Å²) in [5.41, 5.74) is 0. The highest BCUT2D eigenvalue weighted by molar-refractivity contribution is 5.76. The number of amides is 1. The number of aliphatic hydroxyl groups is 5. The first-order chi connectivity index (χ1) is 48.2. The molecule has 7 atom stereocenters. The van der Waals surface area contributed by atoms with Gasteiger partial charge in [0.2, 0.25) is 5.91 Å². The van der Waals surface area contributed by atoms with Gasteiger partial charge in [-0.1, -0.05) is 397 Å². The molecule has 11 nitrogen and oxygen atoms in total. The minimum absolute atomic E-state index is 0.0210. The summed E-state index contributed by atoms with van der Waals surface area (Å²) in [6.45, 7) is 4.40. The van der Waals surface area contributed by atoms with Crippen molar-refractivity contribution in [2.24, 2.45) is 0 Å². The smallest absolute Gasteiger partial charge is 0.305 e. The van der Waals surface area contributed by atoms with E-state index in [1.54, 1.807) is 6.08 Å². The Hall–Kier alpha value is -2.12. The Bertz CT molecular complexity index is 1720. The fourth-order valence-corrected chi connectivity index (χ4v) is 14.0. The number of rotatable bonds is 78. The average molecular weight is 1390 g/mol. The molecule has 1 fully saturated rings. The van der Waals surface area contributed by atoms with E-state index in [0.29, 0.717) is 19.4 Å². The Kier molecular flexibility index (Phi) is 72.8. The minimum Gasteiger partial charge on any atom is -0.466 e. The molecule has 1 heterocycles. The lowest BCUT2D eigenvalue weighted by atomic mass is 9.99. The Morgan fingerprint density at radius 1 is 0.367 bits per heavy atom. The molecule has 6 N–H and O–H groups in total. The van der Waals surface area contributed by atoms with Crippen LogP contribution in [0.5, 0.6) is 0 Å². The third kappa shape index (κ3) is 63.6. The zero-order valence-electron chi connectivity index (χ0n) is 64.8. The van der Waals surface area contributed by atoms with Gasteiger partial charge in [-0.15, -0.1) is 0 Å². The van der Waals surface area contributed by atoms with Crippen LogP contribution in [-0.2, 0) is 23.8 Å². The van der Waals surface area contributed by atoms with Crippen LogP contribution in [-0.4, -0.2) is 100 Å². The van der Waals surface area contributed by atoms with Gasteiger partial charge in [-0.2, -0.15) is 0 Å². The molecule has 0 aromatic rings. The first-order valence-electron chi connectivity index (χ1n) is 43.3. The number of aliphatic hydroxyl groups excluding tert-OH is 5. The molecule has 0 aliphatic carbocycles. The van der Waals surface area contributed by atoms with Gasteiger partial charge in [0.25, 0.3) is 0 Å². The van der Waals surface area contributed by atoms with E-state index in [4.69, 9.17) is 14.2 Å². The van der Waals surface area contributed by atoms with E-state index < -0.39 is 49.5 Å². The molecule has 0 aromatic heterocycles. The molecular weight excluding hydrogens is 1220 g/mol. The maximum atomic E-state index is 13.1. The number of esters is 1. The lowest BCUT2D eigenvalue weighted by Gasteiger charge is -2.40. The first-order valence-corrected chi connectivity index (χ1v) is 43.3. The molecule has 1 aliphatic heterocycles. The van der Waals surface area contributed by atoms with E-state index in [-0.39, 0.29) is 18.5 Å². The highest BCUT2D eigenvalue weighted by Crippen LogP contribution is 2.24. The van der Waals surface area contributed by atoms with Crippen molar-refractivity contribution in [3.63, 3.8) is 0 Å². The number of hydrogen-bond donors (Lipinski definition) is 6. The Morgan fingerprint density at radius 3 is 1.01 bits per heavy atom.